The SMILES string of the molecule is CCOc1cn(-c2ccc(F)cc2C)nc1C(=O)Nc1ccc(Oc2ccnc3cc(OC)c(OC)cc23)cc1. The molecule has 1 N–H and O–H groups in total. The van der Waals surface area contributed by atoms with Crippen molar-refractivity contribution in [3.05, 3.63) is 90.1 Å². The summed E-state index contributed by atoms with van der Waals surface area (Å²) >= 11 is 0. The van der Waals surface area contributed by atoms with E-state index in [1.165, 1.54) is 16.8 Å². The maximum atomic E-state index is 13.6. The van der Waals surface area contributed by atoms with Crippen molar-refractivity contribution in [3.63, 3.8) is 0 Å². The second-order valence-corrected chi connectivity index (χ2v) is 8.76. The van der Waals surface area contributed by atoms with Crippen molar-refractivity contribution in [2.24, 2.45) is 0 Å². The van der Waals surface area contributed by atoms with Gasteiger partial charge in [0.2, 0.25) is 0 Å². The van der Waals surface area contributed by atoms with Crippen LogP contribution in [0, 0.1) is 12.7 Å². The molecular formula is C30H27FN4O5. The predicted octanol–water partition coefficient (Wildman–Crippen LogP) is 6.33. The Kier molecular flexibility index (Phi) is 7.50. The zero-order valence-electron chi connectivity index (χ0n) is 22.4. The zero-order chi connectivity index (χ0) is 28.2. The van der Waals surface area contributed by atoms with Crippen LogP contribution in [-0.2, 0) is 0 Å². The second kappa shape index (κ2) is 11.3. The van der Waals surface area contributed by atoms with Crippen LogP contribution in [-0.4, -0.2) is 41.5 Å². The molecule has 0 saturated carbocycles. The first kappa shape index (κ1) is 26.5. The van der Waals surface area contributed by atoms with Gasteiger partial charge < -0.3 is 24.3 Å². The van der Waals surface area contributed by atoms with Crippen molar-refractivity contribution >= 4 is 22.5 Å². The van der Waals surface area contributed by atoms with Gasteiger partial charge in [0, 0.05) is 23.3 Å². The number of anilines is 1. The Labute approximate surface area is 230 Å². The highest BCUT2D eigenvalue weighted by atomic mass is 19.1. The Hall–Kier alpha value is -5.12. The molecule has 0 fully saturated rings. The van der Waals surface area contributed by atoms with Gasteiger partial charge in [-0.2, -0.15) is 5.10 Å². The number of aromatic nitrogens is 3. The molecule has 0 atom stereocenters. The predicted molar refractivity (Wildman–Crippen MR) is 149 cm³/mol. The van der Waals surface area contributed by atoms with E-state index in [-0.39, 0.29) is 11.5 Å². The first-order valence-electron chi connectivity index (χ1n) is 12.5. The highest BCUT2D eigenvalue weighted by Gasteiger charge is 2.20. The molecule has 40 heavy (non-hydrogen) atoms. The molecule has 5 rings (SSSR count). The van der Waals surface area contributed by atoms with Crippen LogP contribution < -0.4 is 24.3 Å². The van der Waals surface area contributed by atoms with E-state index < -0.39 is 5.91 Å². The number of pyridine rings is 1. The van der Waals surface area contributed by atoms with Gasteiger partial charge in [-0.3, -0.25) is 9.78 Å². The summed E-state index contributed by atoms with van der Waals surface area (Å²) < 4.78 is 37.6. The van der Waals surface area contributed by atoms with Crippen LogP contribution in [0.15, 0.2) is 73.1 Å². The Balaban J connectivity index is 1.35. The number of halogens is 1. The first-order valence-corrected chi connectivity index (χ1v) is 12.5. The maximum absolute atomic E-state index is 13.6. The van der Waals surface area contributed by atoms with Gasteiger partial charge in [0.1, 0.15) is 17.3 Å². The van der Waals surface area contributed by atoms with Crippen LogP contribution in [0.25, 0.3) is 16.6 Å². The fraction of sp³-hybridized carbons (Fsp3) is 0.167. The van der Waals surface area contributed by atoms with Gasteiger partial charge in [-0.15, -0.1) is 0 Å². The van der Waals surface area contributed by atoms with E-state index in [1.54, 1.807) is 76.0 Å². The fourth-order valence-corrected chi connectivity index (χ4v) is 4.24. The van der Waals surface area contributed by atoms with Crippen molar-refractivity contribution in [3.8, 4) is 34.4 Å². The van der Waals surface area contributed by atoms with E-state index in [9.17, 15) is 9.18 Å². The molecule has 1 amide bonds. The summed E-state index contributed by atoms with van der Waals surface area (Å²) in [6.45, 7) is 3.94. The second-order valence-electron chi connectivity index (χ2n) is 8.76. The number of methoxy groups -OCH3 is 2. The maximum Gasteiger partial charge on any atom is 0.280 e. The number of nitrogens with one attached hydrogen (secondary N) is 1. The Morgan fingerprint density at radius 3 is 2.40 bits per heavy atom. The van der Waals surface area contributed by atoms with E-state index in [2.05, 4.69) is 15.4 Å². The number of carbonyl (C=O) groups excluding carboxylic acids is 1. The molecule has 0 spiro atoms. The van der Waals surface area contributed by atoms with Crippen LogP contribution in [0.3, 0.4) is 0 Å². The van der Waals surface area contributed by atoms with Crippen LogP contribution in [0.5, 0.6) is 28.7 Å². The minimum absolute atomic E-state index is 0.110. The fourth-order valence-electron chi connectivity index (χ4n) is 4.24. The van der Waals surface area contributed by atoms with E-state index in [0.717, 1.165) is 5.39 Å². The van der Waals surface area contributed by atoms with Crippen LogP contribution in [0.1, 0.15) is 23.0 Å². The molecule has 0 saturated heterocycles. The van der Waals surface area contributed by atoms with Crippen LogP contribution >= 0.6 is 0 Å². The zero-order valence-corrected chi connectivity index (χ0v) is 22.4. The molecule has 204 valence electrons. The Morgan fingerprint density at radius 1 is 0.950 bits per heavy atom. The molecule has 2 heterocycles. The molecule has 2 aromatic heterocycles. The summed E-state index contributed by atoms with van der Waals surface area (Å²) in [4.78, 5) is 17.5. The molecule has 0 aliphatic carbocycles. The number of carbonyl (C=O) groups is 1. The smallest absolute Gasteiger partial charge is 0.280 e. The topological polar surface area (TPSA) is 96.7 Å². The van der Waals surface area contributed by atoms with Crippen molar-refractivity contribution in [2.75, 3.05) is 26.1 Å². The number of nitrogens with zero attached hydrogens (tertiary/aromatic N) is 3. The summed E-state index contributed by atoms with van der Waals surface area (Å²) in [6, 6.07) is 16.6. The molecule has 3 aromatic carbocycles. The molecule has 9 nitrogen and oxygen atoms in total. The highest BCUT2D eigenvalue weighted by Crippen LogP contribution is 2.37. The third kappa shape index (κ3) is 5.37. The molecule has 5 aromatic rings. The first-order chi connectivity index (χ1) is 19.4. The van der Waals surface area contributed by atoms with Crippen molar-refractivity contribution in [1.29, 1.82) is 0 Å². The number of ether oxygens (including phenoxy) is 4. The van der Waals surface area contributed by atoms with Gasteiger partial charge >= 0.3 is 0 Å². The number of hydrogen-bond donors (Lipinski definition) is 1. The summed E-state index contributed by atoms with van der Waals surface area (Å²) in [5, 5.41) is 8.02. The lowest BCUT2D eigenvalue weighted by Gasteiger charge is -2.12. The normalized spacial score (nSPS) is 10.8. The lowest BCUT2D eigenvalue weighted by molar-refractivity contribution is 0.101. The molecule has 0 aliphatic heterocycles. The van der Waals surface area contributed by atoms with Gasteiger partial charge in [0.25, 0.3) is 5.91 Å². The van der Waals surface area contributed by atoms with Gasteiger partial charge in [0.05, 0.1) is 38.2 Å². The number of aryl methyl sites for hydroxylation is 1. The minimum Gasteiger partial charge on any atom is -0.493 e. The van der Waals surface area contributed by atoms with Crippen LogP contribution in [0.4, 0.5) is 10.1 Å². The lowest BCUT2D eigenvalue weighted by atomic mass is 10.2. The molecule has 0 bridgehead atoms. The minimum atomic E-state index is -0.447. The molecule has 0 radical (unpaired) electrons. The summed E-state index contributed by atoms with van der Waals surface area (Å²) in [5.41, 5.74) is 2.66. The Morgan fingerprint density at radius 2 is 1.70 bits per heavy atom. The average molecular weight is 543 g/mol. The molecule has 10 heteroatoms. The van der Waals surface area contributed by atoms with Gasteiger partial charge in [-0.05, 0) is 74.0 Å². The summed E-state index contributed by atoms with van der Waals surface area (Å²) in [5.74, 6) is 1.81. The number of benzene rings is 3. The van der Waals surface area contributed by atoms with Gasteiger partial charge in [-0.1, -0.05) is 0 Å². The van der Waals surface area contributed by atoms with Gasteiger partial charge in [0.15, 0.2) is 22.9 Å². The Bertz CT molecular complexity index is 1680. The monoisotopic (exact) mass is 542 g/mol. The van der Waals surface area contributed by atoms with E-state index in [0.29, 0.717) is 57.8 Å². The van der Waals surface area contributed by atoms with Crippen molar-refractivity contribution in [2.45, 2.75) is 13.8 Å². The number of fused-ring (bicyclic) bond motifs is 1. The molecule has 0 aliphatic rings. The quantitative estimate of drug-likeness (QED) is 0.233. The standard InChI is InChI=1S/C30H27FN4O5/c1-5-39-28-17-35(24-11-6-19(31)14-18(24)2)34-29(28)30(36)33-20-7-9-21(10-8-20)40-25-12-13-32-23-16-27(38-4)26(37-3)15-22(23)25/h6-17H,5H2,1-4H3,(H,33,36). The third-order valence-corrected chi connectivity index (χ3v) is 6.15. The molecule has 0 unspecified atom stereocenters. The van der Waals surface area contributed by atoms with E-state index in [4.69, 9.17) is 18.9 Å². The number of rotatable bonds is 9. The van der Waals surface area contributed by atoms with Crippen molar-refractivity contribution < 1.29 is 28.1 Å². The van der Waals surface area contributed by atoms with Crippen molar-refractivity contribution in [1.82, 2.24) is 14.8 Å². The number of hydrogen-bond acceptors (Lipinski definition) is 7. The number of amides is 1. The highest BCUT2D eigenvalue weighted by molar-refractivity contribution is 6.04. The summed E-state index contributed by atoms with van der Waals surface area (Å²) in [7, 11) is 3.14. The molecular weight excluding hydrogens is 515 g/mol. The third-order valence-electron chi connectivity index (χ3n) is 6.15. The average Bonchev–Trinajstić information content (AvgIpc) is 3.37. The summed E-state index contributed by atoms with van der Waals surface area (Å²) in [6.07, 6.45) is 3.26. The van der Waals surface area contributed by atoms with Crippen LogP contribution in [0.2, 0.25) is 0 Å². The lowest BCUT2D eigenvalue weighted by Crippen LogP contribution is -2.14. The van der Waals surface area contributed by atoms with E-state index >= 15 is 0 Å². The van der Waals surface area contributed by atoms with Gasteiger partial charge in [-0.25, -0.2) is 9.07 Å². The van der Waals surface area contributed by atoms with E-state index in [1.807, 2.05) is 13.0 Å². The largest absolute Gasteiger partial charge is 0.493 e.